The molecule has 2 N–H and O–H groups in total. The smallest absolute Gasteiger partial charge is 0.245 e. The highest BCUT2D eigenvalue weighted by Gasteiger charge is 2.38. The molecule has 20 heteroatoms. The number of carbonyl (C=O) groups is 10. The lowest BCUT2D eigenvalue weighted by molar-refractivity contribution is -0.152. The third kappa shape index (κ3) is 15.6. The van der Waals surface area contributed by atoms with Gasteiger partial charge in [0.1, 0.15) is 30.2 Å². The van der Waals surface area contributed by atoms with E-state index >= 15 is 0 Å². The first-order valence-electron chi connectivity index (χ1n) is 20.5. The minimum atomic E-state index is -1.07. The van der Waals surface area contributed by atoms with Crippen molar-refractivity contribution in [2.24, 2.45) is 17.8 Å². The SMILES string of the molecule is CC[C@H](C)[C@@H](C(=O)NC)N(C)C(=O)CN(C)C(=O)C(C(C)C)N(C)C(=O)CN(C)C(=O)C(C)N(C)C(=O)CN(C)C(=O)C(C(C)C)N(C)C(=O)CN(C)C(=O)C(C)NC(C)=O. The Morgan fingerprint density at radius 3 is 1.08 bits per heavy atom. The highest BCUT2D eigenvalue weighted by molar-refractivity contribution is 5.96. The van der Waals surface area contributed by atoms with Gasteiger partial charge in [0, 0.05) is 70.4 Å². The van der Waals surface area contributed by atoms with Gasteiger partial charge in [-0.1, -0.05) is 48.0 Å². The van der Waals surface area contributed by atoms with Crippen molar-refractivity contribution in [1.82, 2.24) is 49.8 Å². The summed E-state index contributed by atoms with van der Waals surface area (Å²) >= 11 is 0. The Kier molecular flexibility index (Phi) is 22.7. The van der Waals surface area contributed by atoms with Gasteiger partial charge in [-0.15, -0.1) is 0 Å². The van der Waals surface area contributed by atoms with E-state index in [2.05, 4.69) is 10.6 Å². The molecule has 0 fully saturated rings. The monoisotopic (exact) mass is 867 g/mol. The normalized spacial score (nSPS) is 14.0. The Morgan fingerprint density at radius 1 is 0.459 bits per heavy atom. The van der Waals surface area contributed by atoms with Crippen molar-refractivity contribution in [3.8, 4) is 0 Å². The highest BCUT2D eigenvalue weighted by Crippen LogP contribution is 2.18. The van der Waals surface area contributed by atoms with Gasteiger partial charge in [-0.25, -0.2) is 0 Å². The lowest BCUT2D eigenvalue weighted by Gasteiger charge is -2.36. The van der Waals surface area contributed by atoms with Gasteiger partial charge in [-0.05, 0) is 31.6 Å². The number of amides is 10. The molecule has 0 aromatic rings. The van der Waals surface area contributed by atoms with Crippen LogP contribution in [-0.2, 0) is 47.9 Å². The van der Waals surface area contributed by atoms with E-state index in [-0.39, 0.29) is 30.8 Å². The van der Waals surface area contributed by atoms with Crippen LogP contribution in [0.15, 0.2) is 0 Å². The van der Waals surface area contributed by atoms with Crippen LogP contribution in [-0.4, -0.2) is 218 Å². The quantitative estimate of drug-likeness (QED) is 0.132. The van der Waals surface area contributed by atoms with Crippen LogP contribution in [0.5, 0.6) is 0 Å². The average molecular weight is 867 g/mol. The Balaban J connectivity index is 5.73. The van der Waals surface area contributed by atoms with Crippen molar-refractivity contribution < 1.29 is 47.9 Å². The number of rotatable bonds is 22. The van der Waals surface area contributed by atoms with E-state index < -0.39 is 102 Å². The molecule has 0 aromatic heterocycles. The predicted molar refractivity (Wildman–Crippen MR) is 229 cm³/mol. The van der Waals surface area contributed by atoms with E-state index in [0.717, 1.165) is 19.6 Å². The first-order valence-corrected chi connectivity index (χ1v) is 20.5. The molecule has 61 heavy (non-hydrogen) atoms. The minimum absolute atomic E-state index is 0.144. The van der Waals surface area contributed by atoms with E-state index in [9.17, 15) is 47.9 Å². The maximum atomic E-state index is 13.7. The summed E-state index contributed by atoms with van der Waals surface area (Å²) in [6.07, 6.45) is 0.643. The average Bonchev–Trinajstić information content (AvgIpc) is 3.18. The lowest BCUT2D eigenvalue weighted by Crippen LogP contribution is -2.57. The number of hydrogen-bond donors (Lipinski definition) is 2. The summed E-state index contributed by atoms with van der Waals surface area (Å²) in [6.45, 7) is 13.4. The Bertz CT molecular complexity index is 1610. The maximum absolute atomic E-state index is 13.7. The summed E-state index contributed by atoms with van der Waals surface area (Å²) in [5.41, 5.74) is 0. The summed E-state index contributed by atoms with van der Waals surface area (Å²) < 4.78 is 0. The van der Waals surface area contributed by atoms with Gasteiger partial charge in [0.05, 0.1) is 26.2 Å². The second kappa shape index (κ2) is 24.8. The van der Waals surface area contributed by atoms with Crippen LogP contribution in [0.3, 0.4) is 0 Å². The second-order valence-corrected chi connectivity index (χ2v) is 16.7. The fraction of sp³-hybridized carbons (Fsp3) is 0.756. The Morgan fingerprint density at radius 2 is 0.770 bits per heavy atom. The summed E-state index contributed by atoms with van der Waals surface area (Å²) in [5, 5.41) is 5.05. The Labute approximate surface area is 362 Å². The molecule has 6 atom stereocenters. The van der Waals surface area contributed by atoms with Gasteiger partial charge in [0.2, 0.25) is 59.1 Å². The van der Waals surface area contributed by atoms with E-state index in [1.807, 2.05) is 13.8 Å². The van der Waals surface area contributed by atoms with E-state index in [1.165, 1.54) is 104 Å². The second-order valence-electron chi connectivity index (χ2n) is 16.7. The third-order valence-electron chi connectivity index (χ3n) is 11.0. The Hall–Kier alpha value is -5.30. The fourth-order valence-electron chi connectivity index (χ4n) is 6.87. The summed E-state index contributed by atoms with van der Waals surface area (Å²) in [7, 11) is 12.9. The summed E-state index contributed by atoms with van der Waals surface area (Å²) in [5.74, 6) is -5.95. The van der Waals surface area contributed by atoms with E-state index in [0.29, 0.717) is 6.42 Å². The lowest BCUT2D eigenvalue weighted by atomic mass is 9.97. The van der Waals surface area contributed by atoms with Crippen molar-refractivity contribution in [2.75, 3.05) is 89.6 Å². The van der Waals surface area contributed by atoms with Crippen LogP contribution in [0.25, 0.3) is 0 Å². The molecule has 0 aliphatic heterocycles. The number of likely N-dealkylation sites (N-methyl/N-ethyl adjacent to an activating group) is 9. The molecular formula is C41H74N10O10. The van der Waals surface area contributed by atoms with E-state index in [4.69, 9.17) is 0 Å². The molecule has 0 radical (unpaired) electrons. The van der Waals surface area contributed by atoms with Crippen LogP contribution in [0.4, 0.5) is 0 Å². The summed E-state index contributed by atoms with van der Waals surface area (Å²) in [4.78, 5) is 140. The topological polar surface area (TPSA) is 221 Å². The molecule has 20 nitrogen and oxygen atoms in total. The fourth-order valence-corrected chi connectivity index (χ4v) is 6.87. The van der Waals surface area contributed by atoms with Gasteiger partial charge in [0.15, 0.2) is 0 Å². The van der Waals surface area contributed by atoms with Crippen LogP contribution in [0.2, 0.25) is 0 Å². The van der Waals surface area contributed by atoms with Gasteiger partial charge >= 0.3 is 0 Å². The van der Waals surface area contributed by atoms with Crippen LogP contribution in [0, 0.1) is 17.8 Å². The molecule has 0 bridgehead atoms. The van der Waals surface area contributed by atoms with Gasteiger partial charge < -0.3 is 49.8 Å². The molecule has 0 heterocycles. The molecule has 348 valence electrons. The van der Waals surface area contributed by atoms with Crippen molar-refractivity contribution in [2.45, 2.75) is 98.9 Å². The van der Waals surface area contributed by atoms with Crippen LogP contribution in [0.1, 0.15) is 68.7 Å². The van der Waals surface area contributed by atoms with Gasteiger partial charge in [0.25, 0.3) is 0 Å². The standard InChI is InChI=1S/C41H74N10O10/c1-19-26(6)36(37(57)42-10)51(18)33(56)23-47(14)41(61)35(25(4)5)50(17)32(55)22-45(12)39(59)28(8)48(15)30(53)20-46(13)40(60)34(24(2)3)49(16)31(54)21-44(11)38(58)27(7)43-29(9)52/h24-28,34-36H,19-23H2,1-18H3,(H,42,57)(H,43,52)/t26-,27?,28?,34?,35?,36-/m0/s1. The van der Waals surface area contributed by atoms with Crippen LogP contribution < -0.4 is 10.6 Å². The molecule has 0 aromatic carbocycles. The first-order chi connectivity index (χ1) is 28.0. The van der Waals surface area contributed by atoms with Crippen molar-refractivity contribution in [1.29, 1.82) is 0 Å². The molecule has 4 unspecified atom stereocenters. The molecule has 10 amide bonds. The molecule has 0 aliphatic carbocycles. The third-order valence-corrected chi connectivity index (χ3v) is 11.0. The zero-order chi connectivity index (χ0) is 48.0. The molecular weight excluding hydrogens is 793 g/mol. The zero-order valence-corrected chi connectivity index (χ0v) is 39.8. The number of hydrogen-bond acceptors (Lipinski definition) is 10. The maximum Gasteiger partial charge on any atom is 0.245 e. The first kappa shape index (κ1) is 55.7. The van der Waals surface area contributed by atoms with E-state index in [1.54, 1.807) is 27.7 Å². The molecule has 0 spiro atoms. The minimum Gasteiger partial charge on any atom is -0.357 e. The molecule has 0 saturated heterocycles. The molecule has 0 aliphatic rings. The van der Waals surface area contributed by atoms with Crippen molar-refractivity contribution >= 4 is 59.1 Å². The summed E-state index contributed by atoms with van der Waals surface area (Å²) in [6, 6.07) is -4.67. The molecule has 0 rings (SSSR count). The van der Waals surface area contributed by atoms with Crippen molar-refractivity contribution in [3.63, 3.8) is 0 Å². The highest BCUT2D eigenvalue weighted by atomic mass is 16.2. The van der Waals surface area contributed by atoms with Crippen molar-refractivity contribution in [3.05, 3.63) is 0 Å². The number of nitrogens with one attached hydrogen (secondary N) is 2. The van der Waals surface area contributed by atoms with Crippen LogP contribution >= 0.6 is 0 Å². The molecule has 0 saturated carbocycles. The van der Waals surface area contributed by atoms with Gasteiger partial charge in [-0.2, -0.15) is 0 Å². The number of carbonyl (C=O) groups excluding carboxylic acids is 10. The predicted octanol–water partition coefficient (Wildman–Crippen LogP) is -1.22. The van der Waals surface area contributed by atoms with Gasteiger partial charge in [-0.3, -0.25) is 47.9 Å². The number of nitrogens with zero attached hydrogens (tertiary/aromatic N) is 8. The largest absolute Gasteiger partial charge is 0.357 e. The zero-order valence-electron chi connectivity index (χ0n) is 39.8.